The van der Waals surface area contributed by atoms with Gasteiger partial charge in [0.15, 0.2) is 5.82 Å². The van der Waals surface area contributed by atoms with Crippen molar-refractivity contribution in [2.75, 3.05) is 0 Å². The van der Waals surface area contributed by atoms with Gasteiger partial charge in [0, 0.05) is 40.9 Å². The molecular formula is C24H17F5N2O4. The fraction of sp³-hybridized carbons (Fsp3) is 0.167. The van der Waals surface area contributed by atoms with Crippen molar-refractivity contribution < 1.29 is 41.0 Å². The molecule has 0 saturated heterocycles. The van der Waals surface area contributed by atoms with Crippen LogP contribution >= 0.6 is 0 Å². The molecule has 0 saturated carbocycles. The van der Waals surface area contributed by atoms with Crippen LogP contribution in [0, 0.1) is 11.6 Å². The topological polar surface area (TPSA) is 98.6 Å². The van der Waals surface area contributed by atoms with Crippen LogP contribution in [0.15, 0.2) is 53.3 Å². The van der Waals surface area contributed by atoms with Crippen LogP contribution < -0.4 is 10.5 Å². The lowest BCUT2D eigenvalue weighted by Crippen LogP contribution is -2.06. The number of nitrogens with zero attached hydrogens (tertiary/aromatic N) is 1. The molecule has 0 radical (unpaired) electrons. The Balaban J connectivity index is 1.83. The minimum Gasteiger partial charge on any atom is -0.488 e. The zero-order chi connectivity index (χ0) is 25.3. The van der Waals surface area contributed by atoms with Crippen LogP contribution in [0.4, 0.5) is 22.0 Å². The monoisotopic (exact) mass is 492 g/mol. The van der Waals surface area contributed by atoms with Crippen molar-refractivity contribution in [3.8, 4) is 16.9 Å². The summed E-state index contributed by atoms with van der Waals surface area (Å²) in [7, 11) is 0. The van der Waals surface area contributed by atoms with Gasteiger partial charge in [-0.2, -0.15) is 13.2 Å². The van der Waals surface area contributed by atoms with Gasteiger partial charge in [0.05, 0.1) is 12.1 Å². The van der Waals surface area contributed by atoms with E-state index < -0.39 is 35.8 Å². The summed E-state index contributed by atoms with van der Waals surface area (Å²) >= 11 is 0. The molecule has 182 valence electrons. The molecule has 0 aliphatic carbocycles. The first-order chi connectivity index (χ1) is 16.6. The van der Waals surface area contributed by atoms with Crippen molar-refractivity contribution in [2.24, 2.45) is 5.73 Å². The molecule has 0 spiro atoms. The van der Waals surface area contributed by atoms with Crippen molar-refractivity contribution in [2.45, 2.75) is 25.7 Å². The number of nitrogens with two attached hydrogens (primary N) is 1. The largest absolute Gasteiger partial charge is 0.488 e. The van der Waals surface area contributed by atoms with E-state index in [4.69, 9.17) is 20.0 Å². The normalized spacial score (nSPS) is 11.7. The van der Waals surface area contributed by atoms with Gasteiger partial charge < -0.3 is 20.0 Å². The number of carbonyl (C=O) groups is 1. The number of carboxylic acids is 1. The fourth-order valence-electron chi connectivity index (χ4n) is 3.67. The highest BCUT2D eigenvalue weighted by atomic mass is 19.4. The smallest absolute Gasteiger partial charge is 0.420 e. The molecule has 0 aliphatic heterocycles. The zero-order valence-electron chi connectivity index (χ0n) is 17.8. The average Bonchev–Trinajstić information content (AvgIpc) is 3.23. The van der Waals surface area contributed by atoms with E-state index in [0.717, 1.165) is 12.1 Å². The Morgan fingerprint density at radius 3 is 2.57 bits per heavy atom. The van der Waals surface area contributed by atoms with Crippen LogP contribution in [-0.4, -0.2) is 16.1 Å². The van der Waals surface area contributed by atoms with E-state index >= 15 is 0 Å². The van der Waals surface area contributed by atoms with E-state index in [1.54, 1.807) is 0 Å². The van der Waals surface area contributed by atoms with Crippen LogP contribution in [0.3, 0.4) is 0 Å². The lowest BCUT2D eigenvalue weighted by atomic mass is 9.98. The van der Waals surface area contributed by atoms with Gasteiger partial charge in [0.25, 0.3) is 0 Å². The van der Waals surface area contributed by atoms with E-state index in [-0.39, 0.29) is 57.8 Å². The highest BCUT2D eigenvalue weighted by Gasteiger charge is 2.35. The predicted molar refractivity (Wildman–Crippen MR) is 114 cm³/mol. The maximum absolute atomic E-state index is 15.0. The lowest BCUT2D eigenvalue weighted by molar-refractivity contribution is -0.137. The fourth-order valence-corrected chi connectivity index (χ4v) is 3.67. The van der Waals surface area contributed by atoms with E-state index in [9.17, 15) is 26.7 Å². The van der Waals surface area contributed by atoms with E-state index in [0.29, 0.717) is 6.26 Å². The van der Waals surface area contributed by atoms with Gasteiger partial charge >= 0.3 is 12.1 Å². The standard InChI is InChI=1S/C24H17F5N2O4/c25-14-2-1-13(7-21(32)33)20(8-14)34-10-12-5-16(15-3-4-31-19(9-30)22(15)26)23-17(6-12)18(11-35-23)24(27,28)29/h1-6,8,11H,7,9-10,30H2,(H,32,33). The summed E-state index contributed by atoms with van der Waals surface area (Å²) in [6.07, 6.45) is -3.39. The summed E-state index contributed by atoms with van der Waals surface area (Å²) in [5.74, 6) is -2.76. The summed E-state index contributed by atoms with van der Waals surface area (Å²) in [5.41, 5.74) is 4.44. The molecule has 4 rings (SSSR count). The van der Waals surface area contributed by atoms with E-state index in [1.165, 1.54) is 30.5 Å². The highest BCUT2D eigenvalue weighted by molar-refractivity contribution is 5.95. The molecule has 0 bridgehead atoms. The maximum Gasteiger partial charge on any atom is 0.420 e. The van der Waals surface area contributed by atoms with Gasteiger partial charge in [0.2, 0.25) is 0 Å². The Kier molecular flexibility index (Phi) is 6.44. The van der Waals surface area contributed by atoms with Gasteiger partial charge in [-0.15, -0.1) is 0 Å². The molecular weight excluding hydrogens is 475 g/mol. The number of hydrogen-bond acceptors (Lipinski definition) is 5. The summed E-state index contributed by atoms with van der Waals surface area (Å²) < 4.78 is 80.3. The van der Waals surface area contributed by atoms with Crippen LogP contribution in [0.2, 0.25) is 0 Å². The van der Waals surface area contributed by atoms with Crippen molar-refractivity contribution >= 4 is 16.9 Å². The first kappa shape index (κ1) is 24.1. The quantitative estimate of drug-likeness (QED) is 0.333. The first-order valence-corrected chi connectivity index (χ1v) is 10.2. The molecule has 6 nitrogen and oxygen atoms in total. The second-order valence-electron chi connectivity index (χ2n) is 7.60. The third-order valence-corrected chi connectivity index (χ3v) is 5.25. The molecule has 3 N–H and O–H groups in total. The summed E-state index contributed by atoms with van der Waals surface area (Å²) in [6.45, 7) is -0.596. The molecule has 35 heavy (non-hydrogen) atoms. The number of carboxylic acid groups (broad SMARTS) is 1. The minimum atomic E-state index is -4.75. The summed E-state index contributed by atoms with van der Waals surface area (Å²) in [5, 5.41) is 8.73. The van der Waals surface area contributed by atoms with Crippen molar-refractivity contribution in [3.63, 3.8) is 0 Å². The molecule has 2 aromatic carbocycles. The Hall–Kier alpha value is -3.99. The van der Waals surface area contributed by atoms with Crippen molar-refractivity contribution in [3.05, 3.63) is 82.9 Å². The molecule has 0 unspecified atom stereocenters. The Morgan fingerprint density at radius 2 is 1.89 bits per heavy atom. The van der Waals surface area contributed by atoms with Gasteiger partial charge in [-0.1, -0.05) is 6.07 Å². The molecule has 0 amide bonds. The van der Waals surface area contributed by atoms with Crippen LogP contribution in [0.1, 0.15) is 22.4 Å². The Bertz CT molecular complexity index is 1420. The van der Waals surface area contributed by atoms with Gasteiger partial charge in [-0.3, -0.25) is 9.78 Å². The van der Waals surface area contributed by atoms with Gasteiger partial charge in [0.1, 0.15) is 35.6 Å². The Labute approximate surface area is 194 Å². The third-order valence-electron chi connectivity index (χ3n) is 5.25. The molecule has 11 heteroatoms. The van der Waals surface area contributed by atoms with Crippen molar-refractivity contribution in [1.82, 2.24) is 4.98 Å². The predicted octanol–water partition coefficient (Wildman–Crippen LogP) is 5.46. The molecule has 0 fully saturated rings. The van der Waals surface area contributed by atoms with E-state index in [1.807, 2.05) is 0 Å². The number of aromatic nitrogens is 1. The highest BCUT2D eigenvalue weighted by Crippen LogP contribution is 2.41. The van der Waals surface area contributed by atoms with Crippen molar-refractivity contribution in [1.29, 1.82) is 0 Å². The minimum absolute atomic E-state index is 0.0104. The van der Waals surface area contributed by atoms with Gasteiger partial charge in [-0.05, 0) is 29.8 Å². The number of alkyl halides is 3. The number of halogens is 5. The Morgan fingerprint density at radius 1 is 1.11 bits per heavy atom. The number of fused-ring (bicyclic) bond motifs is 1. The maximum atomic E-state index is 15.0. The van der Waals surface area contributed by atoms with Crippen LogP contribution in [0.25, 0.3) is 22.1 Å². The second kappa shape index (κ2) is 9.34. The number of aliphatic carboxylic acids is 1. The van der Waals surface area contributed by atoms with Crippen LogP contribution in [0.5, 0.6) is 5.75 Å². The third kappa shape index (κ3) is 4.94. The average molecular weight is 492 g/mol. The zero-order valence-corrected chi connectivity index (χ0v) is 17.8. The molecule has 0 aliphatic rings. The number of pyridine rings is 1. The number of hydrogen-bond donors (Lipinski definition) is 2. The molecule has 4 aromatic rings. The summed E-state index contributed by atoms with van der Waals surface area (Å²) in [4.78, 5) is 14.9. The first-order valence-electron chi connectivity index (χ1n) is 10.2. The summed E-state index contributed by atoms with van der Waals surface area (Å²) in [6, 6.07) is 7.11. The van der Waals surface area contributed by atoms with Gasteiger partial charge in [-0.25, -0.2) is 8.78 Å². The number of benzene rings is 2. The number of furan rings is 1. The second-order valence-corrected chi connectivity index (χ2v) is 7.60. The molecule has 2 heterocycles. The van der Waals surface area contributed by atoms with E-state index in [2.05, 4.69) is 4.98 Å². The number of rotatable bonds is 7. The lowest BCUT2D eigenvalue weighted by Gasteiger charge is -2.13. The molecule has 0 atom stereocenters. The molecule has 2 aromatic heterocycles. The SMILES string of the molecule is NCc1nccc(-c2cc(COc3cc(F)ccc3CC(=O)O)cc3c(C(F)(F)F)coc23)c1F. The van der Waals surface area contributed by atoms with Crippen LogP contribution in [-0.2, 0) is 30.5 Å². The number of ether oxygens (including phenoxy) is 1.